The molecule has 170 valence electrons. The summed E-state index contributed by atoms with van der Waals surface area (Å²) in [4.78, 5) is 14.9. The van der Waals surface area contributed by atoms with Gasteiger partial charge < -0.3 is 14.2 Å². The molecule has 0 unspecified atom stereocenters. The SMILES string of the molecule is Cn1c(Cl)cc2c(OC3CC4(C3)CN(CCc3cc5nncn5cc3F)C4)cccc2c1=O. The Morgan fingerprint density at radius 2 is 2.06 bits per heavy atom. The third-order valence-corrected chi connectivity index (χ3v) is 7.44. The zero-order chi connectivity index (χ0) is 22.7. The van der Waals surface area contributed by atoms with Gasteiger partial charge in [0.2, 0.25) is 0 Å². The lowest BCUT2D eigenvalue weighted by Gasteiger charge is -2.58. The number of halogens is 2. The van der Waals surface area contributed by atoms with E-state index in [0.29, 0.717) is 39.3 Å². The molecule has 2 aliphatic rings. The molecule has 33 heavy (non-hydrogen) atoms. The molecule has 2 fully saturated rings. The average Bonchev–Trinajstić information content (AvgIpc) is 3.19. The highest BCUT2D eigenvalue weighted by atomic mass is 35.5. The molecule has 4 heterocycles. The lowest BCUT2D eigenvalue weighted by molar-refractivity contribution is -0.118. The number of aromatic nitrogens is 4. The Morgan fingerprint density at radius 1 is 1.24 bits per heavy atom. The Balaban J connectivity index is 1.06. The van der Waals surface area contributed by atoms with Crippen LogP contribution in [0.3, 0.4) is 0 Å². The summed E-state index contributed by atoms with van der Waals surface area (Å²) in [6, 6.07) is 9.12. The van der Waals surface area contributed by atoms with E-state index in [1.54, 1.807) is 29.6 Å². The van der Waals surface area contributed by atoms with E-state index < -0.39 is 0 Å². The molecule has 1 aliphatic carbocycles. The smallest absolute Gasteiger partial charge is 0.259 e. The summed E-state index contributed by atoms with van der Waals surface area (Å²) < 4.78 is 23.6. The summed E-state index contributed by atoms with van der Waals surface area (Å²) in [6.07, 6.45) is 5.69. The van der Waals surface area contributed by atoms with Crippen molar-refractivity contribution in [3.63, 3.8) is 0 Å². The van der Waals surface area contributed by atoms with Crippen LogP contribution in [0.1, 0.15) is 18.4 Å². The zero-order valence-corrected chi connectivity index (χ0v) is 18.9. The minimum absolute atomic E-state index is 0.123. The molecule has 1 spiro atoms. The minimum Gasteiger partial charge on any atom is -0.490 e. The summed E-state index contributed by atoms with van der Waals surface area (Å²) in [5.41, 5.74) is 1.51. The van der Waals surface area contributed by atoms with Crippen LogP contribution in [0.25, 0.3) is 16.4 Å². The molecule has 1 aromatic carbocycles. The number of nitrogens with zero attached hydrogens (tertiary/aromatic N) is 5. The van der Waals surface area contributed by atoms with Gasteiger partial charge in [-0.15, -0.1) is 10.2 Å². The first-order valence-electron chi connectivity index (χ1n) is 11.1. The highest BCUT2D eigenvalue weighted by Crippen LogP contribution is 2.50. The lowest BCUT2D eigenvalue weighted by Crippen LogP contribution is -2.64. The van der Waals surface area contributed by atoms with Crippen LogP contribution in [-0.4, -0.2) is 49.8 Å². The maximum atomic E-state index is 14.3. The van der Waals surface area contributed by atoms with Crippen LogP contribution in [0.5, 0.6) is 5.75 Å². The molecule has 1 aliphatic heterocycles. The van der Waals surface area contributed by atoms with Crippen molar-refractivity contribution in [1.82, 2.24) is 24.1 Å². The first kappa shape index (κ1) is 20.6. The third kappa shape index (κ3) is 3.48. The second kappa shape index (κ2) is 7.53. The fraction of sp³-hybridized carbons (Fsp3) is 0.375. The maximum Gasteiger partial charge on any atom is 0.259 e. The zero-order valence-electron chi connectivity index (χ0n) is 18.2. The van der Waals surface area contributed by atoms with E-state index in [1.807, 2.05) is 12.1 Å². The monoisotopic (exact) mass is 467 g/mol. The summed E-state index contributed by atoms with van der Waals surface area (Å²) >= 11 is 6.22. The molecule has 1 saturated carbocycles. The molecular formula is C24H23ClFN5O2. The first-order valence-corrected chi connectivity index (χ1v) is 11.4. The van der Waals surface area contributed by atoms with Gasteiger partial charge in [0.05, 0.1) is 11.5 Å². The maximum absolute atomic E-state index is 14.3. The summed E-state index contributed by atoms with van der Waals surface area (Å²) in [6.45, 7) is 2.83. The third-order valence-electron chi connectivity index (χ3n) is 7.08. The van der Waals surface area contributed by atoms with E-state index in [2.05, 4.69) is 15.1 Å². The fourth-order valence-corrected chi connectivity index (χ4v) is 5.50. The van der Waals surface area contributed by atoms with Crippen molar-refractivity contribution in [3.8, 4) is 5.75 Å². The number of benzene rings is 1. The van der Waals surface area contributed by atoms with Crippen molar-refractivity contribution >= 4 is 28.0 Å². The largest absolute Gasteiger partial charge is 0.490 e. The number of hydrogen-bond donors (Lipinski definition) is 0. The molecule has 9 heteroatoms. The van der Waals surface area contributed by atoms with Gasteiger partial charge in [-0.2, -0.15) is 0 Å². The van der Waals surface area contributed by atoms with Gasteiger partial charge in [-0.1, -0.05) is 17.7 Å². The quantitative estimate of drug-likeness (QED) is 0.421. The van der Waals surface area contributed by atoms with Crippen LogP contribution in [0.4, 0.5) is 4.39 Å². The van der Waals surface area contributed by atoms with Crippen LogP contribution < -0.4 is 10.3 Å². The molecule has 7 nitrogen and oxygen atoms in total. The molecule has 0 atom stereocenters. The van der Waals surface area contributed by atoms with Gasteiger partial charge in [0.25, 0.3) is 5.56 Å². The predicted octanol–water partition coefficient (Wildman–Crippen LogP) is 3.46. The normalized spacial score (nSPS) is 18.0. The van der Waals surface area contributed by atoms with Gasteiger partial charge in [-0.3, -0.25) is 9.20 Å². The Morgan fingerprint density at radius 3 is 2.88 bits per heavy atom. The Bertz CT molecular complexity index is 1430. The van der Waals surface area contributed by atoms with Crippen LogP contribution >= 0.6 is 11.6 Å². The fourth-order valence-electron chi connectivity index (χ4n) is 5.32. The second-order valence-electron chi connectivity index (χ2n) is 9.40. The van der Waals surface area contributed by atoms with Gasteiger partial charge in [0, 0.05) is 43.7 Å². The number of likely N-dealkylation sites (tertiary alicyclic amines) is 1. The molecule has 3 aromatic heterocycles. The Labute approximate surface area is 194 Å². The van der Waals surface area contributed by atoms with Crippen molar-refractivity contribution < 1.29 is 9.13 Å². The summed E-state index contributed by atoms with van der Waals surface area (Å²) in [5.74, 6) is 0.488. The van der Waals surface area contributed by atoms with E-state index in [-0.39, 0.29) is 17.5 Å². The van der Waals surface area contributed by atoms with Crippen molar-refractivity contribution in [2.24, 2.45) is 12.5 Å². The molecule has 4 aromatic rings. The molecule has 6 rings (SSSR count). The van der Waals surface area contributed by atoms with Gasteiger partial charge in [-0.25, -0.2) is 4.39 Å². The molecule has 0 amide bonds. The number of fused-ring (bicyclic) bond motifs is 2. The molecule has 1 saturated heterocycles. The number of pyridine rings is 2. The number of rotatable bonds is 5. The van der Waals surface area contributed by atoms with E-state index in [1.165, 1.54) is 17.1 Å². The Kier molecular flexibility index (Phi) is 4.71. The van der Waals surface area contributed by atoms with Crippen LogP contribution in [0.15, 0.2) is 47.7 Å². The topological polar surface area (TPSA) is 64.7 Å². The van der Waals surface area contributed by atoms with E-state index >= 15 is 0 Å². The van der Waals surface area contributed by atoms with E-state index in [9.17, 15) is 9.18 Å². The van der Waals surface area contributed by atoms with Crippen LogP contribution in [0.2, 0.25) is 5.15 Å². The minimum atomic E-state index is -0.223. The van der Waals surface area contributed by atoms with Gasteiger partial charge in [0.15, 0.2) is 5.65 Å². The highest BCUT2D eigenvalue weighted by molar-refractivity contribution is 6.30. The van der Waals surface area contributed by atoms with E-state index in [0.717, 1.165) is 37.9 Å². The number of ether oxygens (including phenoxy) is 1. The summed E-state index contributed by atoms with van der Waals surface area (Å²) in [7, 11) is 1.66. The van der Waals surface area contributed by atoms with Gasteiger partial charge in [0.1, 0.15) is 23.0 Å². The van der Waals surface area contributed by atoms with Crippen molar-refractivity contribution in [1.29, 1.82) is 0 Å². The molecule has 0 N–H and O–H groups in total. The average molecular weight is 468 g/mol. The van der Waals surface area contributed by atoms with E-state index in [4.69, 9.17) is 16.3 Å². The molecule has 0 bridgehead atoms. The van der Waals surface area contributed by atoms with Gasteiger partial charge in [-0.05, 0) is 49.1 Å². The lowest BCUT2D eigenvalue weighted by atomic mass is 9.61. The van der Waals surface area contributed by atoms with Gasteiger partial charge >= 0.3 is 0 Å². The number of hydrogen-bond acceptors (Lipinski definition) is 5. The summed E-state index contributed by atoms with van der Waals surface area (Å²) in [5, 5.41) is 9.57. The standard InChI is InChI=1S/C24H23ClFN5O2/c1-29-21(25)8-18-17(23(29)32)3-2-4-20(18)33-16-9-24(10-16)12-30(13-24)6-5-15-7-22-28-27-14-31(22)11-19(15)26/h2-4,7-8,11,14,16H,5-6,9-10,12-13H2,1H3. The highest BCUT2D eigenvalue weighted by Gasteiger charge is 2.53. The Hall–Kier alpha value is -2.97. The van der Waals surface area contributed by atoms with Crippen molar-refractivity contribution in [2.75, 3.05) is 19.6 Å². The molecular weight excluding hydrogens is 445 g/mol. The first-order chi connectivity index (χ1) is 15.9. The second-order valence-corrected chi connectivity index (χ2v) is 9.79. The van der Waals surface area contributed by atoms with Crippen molar-refractivity contribution in [2.45, 2.75) is 25.4 Å². The van der Waals surface area contributed by atoms with Crippen LogP contribution in [0, 0.1) is 11.2 Å². The van der Waals surface area contributed by atoms with Crippen molar-refractivity contribution in [3.05, 3.63) is 69.7 Å². The molecule has 0 radical (unpaired) electrons. The van der Waals surface area contributed by atoms with Crippen LogP contribution in [-0.2, 0) is 13.5 Å². The predicted molar refractivity (Wildman–Crippen MR) is 123 cm³/mol.